The minimum atomic E-state index is 0.268. The fraction of sp³-hybridized carbons (Fsp3) is 0.500. The van der Waals surface area contributed by atoms with E-state index in [1.54, 1.807) is 6.20 Å². The van der Waals surface area contributed by atoms with Gasteiger partial charge in [0.2, 0.25) is 5.89 Å². The van der Waals surface area contributed by atoms with Crippen molar-refractivity contribution in [3.8, 4) is 0 Å². The summed E-state index contributed by atoms with van der Waals surface area (Å²) in [6, 6.07) is 1.95. The second-order valence-corrected chi connectivity index (χ2v) is 3.83. The first kappa shape index (κ1) is 9.89. The second kappa shape index (κ2) is 3.84. The molecule has 0 unspecified atom stereocenters. The topological polar surface area (TPSA) is 56.7 Å². The van der Waals surface area contributed by atoms with E-state index in [9.17, 15) is 0 Å². The number of aryl methyl sites for hydroxylation is 1. The first-order valence-corrected chi connectivity index (χ1v) is 4.97. The van der Waals surface area contributed by atoms with E-state index in [0.717, 1.165) is 5.69 Å². The molecule has 15 heavy (non-hydrogen) atoms. The molecule has 5 nitrogen and oxygen atoms in total. The van der Waals surface area contributed by atoms with Crippen molar-refractivity contribution in [3.63, 3.8) is 0 Å². The Morgan fingerprint density at radius 2 is 2.27 bits per heavy atom. The highest BCUT2D eigenvalue weighted by Crippen LogP contribution is 2.11. The lowest BCUT2D eigenvalue weighted by molar-refractivity contribution is 0.359. The summed E-state index contributed by atoms with van der Waals surface area (Å²) in [7, 11) is 0. The van der Waals surface area contributed by atoms with E-state index in [1.807, 2.05) is 31.5 Å². The molecule has 0 radical (unpaired) electrons. The van der Waals surface area contributed by atoms with E-state index < -0.39 is 0 Å². The third kappa shape index (κ3) is 2.06. The van der Waals surface area contributed by atoms with Crippen molar-refractivity contribution in [1.82, 2.24) is 19.9 Å². The number of hydrogen-bond donors (Lipinski definition) is 0. The van der Waals surface area contributed by atoms with Crippen LogP contribution in [-0.4, -0.2) is 19.9 Å². The highest BCUT2D eigenvalue weighted by Gasteiger charge is 2.10. The molecule has 2 aromatic heterocycles. The zero-order chi connectivity index (χ0) is 10.8. The monoisotopic (exact) mass is 206 g/mol. The molecule has 80 valence electrons. The van der Waals surface area contributed by atoms with Crippen LogP contribution < -0.4 is 0 Å². The molecule has 0 bridgehead atoms. The third-order valence-corrected chi connectivity index (χ3v) is 2.20. The van der Waals surface area contributed by atoms with Crippen LogP contribution in [0, 0.1) is 6.92 Å². The Morgan fingerprint density at radius 3 is 2.80 bits per heavy atom. The standard InChI is InChI=1S/C10H14N4O/c1-7(2)10-12-9(13-15-10)6-14-8(3)4-5-11-14/h4-5,7H,6H2,1-3H3. The Morgan fingerprint density at radius 1 is 1.47 bits per heavy atom. The molecule has 0 atom stereocenters. The SMILES string of the molecule is Cc1ccnn1Cc1noc(C(C)C)n1. The normalized spacial score (nSPS) is 11.2. The van der Waals surface area contributed by atoms with Crippen LogP contribution in [-0.2, 0) is 6.54 Å². The molecule has 0 spiro atoms. The number of aromatic nitrogens is 4. The van der Waals surface area contributed by atoms with Gasteiger partial charge in [-0.05, 0) is 13.0 Å². The highest BCUT2D eigenvalue weighted by atomic mass is 16.5. The van der Waals surface area contributed by atoms with Gasteiger partial charge in [0, 0.05) is 17.8 Å². The van der Waals surface area contributed by atoms with Gasteiger partial charge in [-0.2, -0.15) is 10.1 Å². The van der Waals surface area contributed by atoms with E-state index in [0.29, 0.717) is 18.3 Å². The molecule has 0 saturated heterocycles. The Balaban J connectivity index is 2.15. The second-order valence-electron chi connectivity index (χ2n) is 3.83. The Bertz CT molecular complexity index is 444. The summed E-state index contributed by atoms with van der Waals surface area (Å²) in [5.41, 5.74) is 1.09. The summed E-state index contributed by atoms with van der Waals surface area (Å²) in [5, 5.41) is 8.07. The quantitative estimate of drug-likeness (QED) is 0.767. The minimum Gasteiger partial charge on any atom is -0.339 e. The van der Waals surface area contributed by atoms with E-state index in [2.05, 4.69) is 15.2 Å². The lowest BCUT2D eigenvalue weighted by Crippen LogP contribution is -2.05. The highest BCUT2D eigenvalue weighted by molar-refractivity contribution is 4.99. The van der Waals surface area contributed by atoms with Crippen LogP contribution in [0.15, 0.2) is 16.8 Å². The minimum absolute atomic E-state index is 0.268. The Labute approximate surface area is 88.1 Å². The Kier molecular flexibility index (Phi) is 2.53. The average molecular weight is 206 g/mol. The van der Waals surface area contributed by atoms with Crippen LogP contribution in [0.4, 0.5) is 0 Å². The average Bonchev–Trinajstić information content (AvgIpc) is 2.77. The maximum Gasteiger partial charge on any atom is 0.229 e. The summed E-state index contributed by atoms with van der Waals surface area (Å²) in [5.74, 6) is 1.62. The fourth-order valence-electron chi connectivity index (χ4n) is 1.26. The van der Waals surface area contributed by atoms with E-state index >= 15 is 0 Å². The van der Waals surface area contributed by atoms with E-state index in [-0.39, 0.29) is 5.92 Å². The molecular formula is C10H14N4O. The van der Waals surface area contributed by atoms with E-state index in [1.165, 1.54) is 0 Å². The van der Waals surface area contributed by atoms with Crippen molar-refractivity contribution in [1.29, 1.82) is 0 Å². The number of hydrogen-bond acceptors (Lipinski definition) is 4. The van der Waals surface area contributed by atoms with Gasteiger partial charge >= 0.3 is 0 Å². The maximum absolute atomic E-state index is 5.11. The molecule has 0 amide bonds. The molecule has 2 aromatic rings. The third-order valence-electron chi connectivity index (χ3n) is 2.20. The molecule has 0 aromatic carbocycles. The summed E-state index contributed by atoms with van der Waals surface area (Å²) in [6.45, 7) is 6.61. The van der Waals surface area contributed by atoms with Gasteiger partial charge < -0.3 is 4.52 Å². The summed E-state index contributed by atoms with van der Waals surface area (Å²) in [6.07, 6.45) is 1.76. The molecule has 0 aliphatic carbocycles. The predicted molar refractivity (Wildman–Crippen MR) is 54.5 cm³/mol. The summed E-state index contributed by atoms with van der Waals surface area (Å²) < 4.78 is 6.95. The maximum atomic E-state index is 5.11. The molecule has 2 rings (SSSR count). The molecule has 0 fully saturated rings. The van der Waals surface area contributed by atoms with Gasteiger partial charge in [0.05, 0.1) is 0 Å². The van der Waals surface area contributed by atoms with Crippen molar-refractivity contribution < 1.29 is 4.52 Å². The van der Waals surface area contributed by atoms with Crippen LogP contribution in [0.5, 0.6) is 0 Å². The zero-order valence-electron chi connectivity index (χ0n) is 9.14. The van der Waals surface area contributed by atoms with Crippen LogP contribution in [0.3, 0.4) is 0 Å². The first-order chi connectivity index (χ1) is 7.16. The van der Waals surface area contributed by atoms with Gasteiger partial charge in [0.15, 0.2) is 5.82 Å². The molecule has 2 heterocycles. The van der Waals surface area contributed by atoms with Crippen LogP contribution in [0.1, 0.15) is 37.2 Å². The predicted octanol–water partition coefficient (Wildman–Crippen LogP) is 1.75. The number of rotatable bonds is 3. The lowest BCUT2D eigenvalue weighted by atomic mass is 10.2. The lowest BCUT2D eigenvalue weighted by Gasteiger charge is -1.98. The molecule has 5 heteroatoms. The molecule has 0 aliphatic heterocycles. The first-order valence-electron chi connectivity index (χ1n) is 4.97. The van der Waals surface area contributed by atoms with Crippen LogP contribution in [0.2, 0.25) is 0 Å². The van der Waals surface area contributed by atoms with Crippen molar-refractivity contribution >= 4 is 0 Å². The van der Waals surface area contributed by atoms with Crippen molar-refractivity contribution in [2.45, 2.75) is 33.2 Å². The smallest absolute Gasteiger partial charge is 0.229 e. The van der Waals surface area contributed by atoms with Gasteiger partial charge in [-0.15, -0.1) is 0 Å². The van der Waals surface area contributed by atoms with Gasteiger partial charge in [-0.1, -0.05) is 19.0 Å². The molecule has 0 saturated carbocycles. The van der Waals surface area contributed by atoms with Gasteiger partial charge in [0.1, 0.15) is 6.54 Å². The summed E-state index contributed by atoms with van der Waals surface area (Å²) >= 11 is 0. The van der Waals surface area contributed by atoms with E-state index in [4.69, 9.17) is 4.52 Å². The molecule has 0 N–H and O–H groups in total. The van der Waals surface area contributed by atoms with Crippen molar-refractivity contribution in [2.24, 2.45) is 0 Å². The van der Waals surface area contributed by atoms with Crippen LogP contribution >= 0.6 is 0 Å². The fourth-order valence-corrected chi connectivity index (χ4v) is 1.26. The van der Waals surface area contributed by atoms with Gasteiger partial charge in [0.25, 0.3) is 0 Å². The van der Waals surface area contributed by atoms with Gasteiger partial charge in [-0.3, -0.25) is 4.68 Å². The molecule has 0 aliphatic rings. The zero-order valence-corrected chi connectivity index (χ0v) is 9.14. The summed E-state index contributed by atoms with van der Waals surface area (Å²) in [4.78, 5) is 4.29. The molecular weight excluding hydrogens is 192 g/mol. The van der Waals surface area contributed by atoms with Crippen LogP contribution in [0.25, 0.3) is 0 Å². The number of nitrogens with zero attached hydrogens (tertiary/aromatic N) is 4. The van der Waals surface area contributed by atoms with Crippen molar-refractivity contribution in [3.05, 3.63) is 29.7 Å². The Hall–Kier alpha value is -1.65. The van der Waals surface area contributed by atoms with Crippen molar-refractivity contribution in [2.75, 3.05) is 0 Å². The largest absolute Gasteiger partial charge is 0.339 e. The van der Waals surface area contributed by atoms with Gasteiger partial charge in [-0.25, -0.2) is 0 Å².